The van der Waals surface area contributed by atoms with Crippen LogP contribution in [-0.2, 0) is 6.54 Å². The van der Waals surface area contributed by atoms with Crippen LogP contribution in [-0.4, -0.2) is 11.7 Å². The summed E-state index contributed by atoms with van der Waals surface area (Å²) in [5, 5.41) is 12.9. The molecule has 1 atom stereocenters. The van der Waals surface area contributed by atoms with Crippen molar-refractivity contribution in [2.24, 2.45) is 0 Å². The van der Waals surface area contributed by atoms with E-state index in [-0.39, 0.29) is 11.6 Å². The highest BCUT2D eigenvalue weighted by molar-refractivity contribution is 5.32. The standard InChI is InChI=1S/C17H20FNO/c1-13(14-5-3-2-4-6-14)9-10-19-12-15-11-16(18)7-8-17(15)20/h2-8,11,13,19-20H,9-10,12H2,1H3. The number of hydrogen-bond donors (Lipinski definition) is 2. The minimum absolute atomic E-state index is 0.134. The van der Waals surface area contributed by atoms with Gasteiger partial charge in [-0.05, 0) is 42.6 Å². The highest BCUT2D eigenvalue weighted by atomic mass is 19.1. The number of nitrogens with one attached hydrogen (secondary N) is 1. The molecule has 0 fully saturated rings. The van der Waals surface area contributed by atoms with E-state index in [9.17, 15) is 9.50 Å². The normalized spacial score (nSPS) is 12.3. The largest absolute Gasteiger partial charge is 0.508 e. The zero-order valence-electron chi connectivity index (χ0n) is 11.6. The Hall–Kier alpha value is -1.87. The maximum atomic E-state index is 13.1. The number of rotatable bonds is 6. The Morgan fingerprint density at radius 2 is 1.90 bits per heavy atom. The first-order valence-corrected chi connectivity index (χ1v) is 6.90. The monoisotopic (exact) mass is 273 g/mol. The molecule has 0 heterocycles. The predicted octanol–water partition coefficient (Wildman–Crippen LogP) is 3.81. The van der Waals surface area contributed by atoms with Crippen molar-refractivity contribution < 1.29 is 9.50 Å². The molecule has 2 aromatic carbocycles. The Kier molecular flexibility index (Phi) is 5.13. The van der Waals surface area contributed by atoms with Gasteiger partial charge in [0.15, 0.2) is 0 Å². The zero-order valence-corrected chi connectivity index (χ0v) is 11.6. The van der Waals surface area contributed by atoms with Crippen molar-refractivity contribution in [3.8, 4) is 5.75 Å². The van der Waals surface area contributed by atoms with Gasteiger partial charge in [-0.1, -0.05) is 37.3 Å². The fraction of sp³-hybridized carbons (Fsp3) is 0.294. The Bertz CT molecular complexity index is 542. The van der Waals surface area contributed by atoms with Crippen molar-refractivity contribution in [3.63, 3.8) is 0 Å². The lowest BCUT2D eigenvalue weighted by Gasteiger charge is -2.12. The average molecular weight is 273 g/mol. The summed E-state index contributed by atoms with van der Waals surface area (Å²) < 4.78 is 13.1. The summed E-state index contributed by atoms with van der Waals surface area (Å²) in [6.45, 7) is 3.49. The first-order chi connectivity index (χ1) is 9.66. The Morgan fingerprint density at radius 1 is 1.15 bits per heavy atom. The molecule has 2 rings (SSSR count). The molecule has 3 heteroatoms. The molecule has 20 heavy (non-hydrogen) atoms. The van der Waals surface area contributed by atoms with Crippen molar-refractivity contribution in [1.82, 2.24) is 5.32 Å². The SMILES string of the molecule is CC(CCNCc1cc(F)ccc1O)c1ccccc1. The van der Waals surface area contributed by atoms with Crippen LogP contribution in [0.2, 0.25) is 0 Å². The molecule has 0 aromatic heterocycles. The van der Waals surface area contributed by atoms with Crippen LogP contribution < -0.4 is 5.32 Å². The van der Waals surface area contributed by atoms with Crippen LogP contribution in [0.25, 0.3) is 0 Å². The molecule has 2 N–H and O–H groups in total. The third kappa shape index (κ3) is 4.07. The van der Waals surface area contributed by atoms with E-state index in [0.717, 1.165) is 13.0 Å². The summed E-state index contributed by atoms with van der Waals surface area (Å²) in [4.78, 5) is 0. The minimum atomic E-state index is -0.322. The molecule has 0 aliphatic rings. The van der Waals surface area contributed by atoms with Crippen molar-refractivity contribution in [3.05, 3.63) is 65.5 Å². The van der Waals surface area contributed by atoms with Gasteiger partial charge in [0.25, 0.3) is 0 Å². The third-order valence-electron chi connectivity index (χ3n) is 3.48. The second-order valence-corrected chi connectivity index (χ2v) is 5.05. The smallest absolute Gasteiger partial charge is 0.123 e. The van der Waals surface area contributed by atoms with Gasteiger partial charge in [0.2, 0.25) is 0 Å². The molecule has 2 nitrogen and oxygen atoms in total. The Balaban J connectivity index is 1.78. The zero-order chi connectivity index (χ0) is 14.4. The van der Waals surface area contributed by atoms with Crippen molar-refractivity contribution in [2.75, 3.05) is 6.54 Å². The number of phenolic OH excluding ortho intramolecular Hbond substituents is 1. The second-order valence-electron chi connectivity index (χ2n) is 5.05. The van der Waals surface area contributed by atoms with Gasteiger partial charge in [-0.25, -0.2) is 4.39 Å². The lowest BCUT2D eigenvalue weighted by atomic mass is 9.98. The van der Waals surface area contributed by atoms with Gasteiger partial charge in [-0.15, -0.1) is 0 Å². The number of aromatic hydroxyl groups is 1. The summed E-state index contributed by atoms with van der Waals surface area (Å²) in [5.41, 5.74) is 1.92. The van der Waals surface area contributed by atoms with Crippen molar-refractivity contribution in [2.45, 2.75) is 25.8 Å². The summed E-state index contributed by atoms with van der Waals surface area (Å²) in [6.07, 6.45) is 1.00. The van der Waals surface area contributed by atoms with Gasteiger partial charge in [0, 0.05) is 12.1 Å². The lowest BCUT2D eigenvalue weighted by Crippen LogP contribution is -2.16. The van der Waals surface area contributed by atoms with Crippen molar-refractivity contribution >= 4 is 0 Å². The molecule has 0 aliphatic heterocycles. The van der Waals surface area contributed by atoms with E-state index in [0.29, 0.717) is 18.0 Å². The fourth-order valence-electron chi connectivity index (χ4n) is 2.19. The van der Waals surface area contributed by atoms with E-state index in [1.165, 1.54) is 23.8 Å². The highest BCUT2D eigenvalue weighted by Crippen LogP contribution is 2.19. The van der Waals surface area contributed by atoms with Crippen LogP contribution in [0.4, 0.5) is 4.39 Å². The molecular weight excluding hydrogens is 253 g/mol. The molecular formula is C17H20FNO. The number of phenols is 1. The maximum absolute atomic E-state index is 13.1. The van der Waals surface area contributed by atoms with Crippen molar-refractivity contribution in [1.29, 1.82) is 0 Å². The Labute approximate surface area is 119 Å². The van der Waals surface area contributed by atoms with Gasteiger partial charge in [0.1, 0.15) is 11.6 Å². The van der Waals surface area contributed by atoms with E-state index in [1.807, 2.05) is 18.2 Å². The van der Waals surface area contributed by atoms with Crippen LogP contribution in [0.15, 0.2) is 48.5 Å². The van der Waals surface area contributed by atoms with E-state index in [2.05, 4.69) is 24.4 Å². The number of hydrogen-bond acceptors (Lipinski definition) is 2. The van der Waals surface area contributed by atoms with E-state index < -0.39 is 0 Å². The quantitative estimate of drug-likeness (QED) is 0.784. The van der Waals surface area contributed by atoms with Gasteiger partial charge < -0.3 is 10.4 Å². The van der Waals surface area contributed by atoms with Crippen LogP contribution >= 0.6 is 0 Å². The molecule has 0 saturated heterocycles. The molecule has 2 aromatic rings. The Morgan fingerprint density at radius 3 is 2.65 bits per heavy atom. The van der Waals surface area contributed by atoms with Gasteiger partial charge in [-0.2, -0.15) is 0 Å². The summed E-state index contributed by atoms with van der Waals surface area (Å²) in [6, 6.07) is 14.4. The number of benzene rings is 2. The summed E-state index contributed by atoms with van der Waals surface area (Å²) in [5.74, 6) is 0.289. The fourth-order valence-corrected chi connectivity index (χ4v) is 2.19. The van der Waals surface area contributed by atoms with E-state index in [1.54, 1.807) is 0 Å². The van der Waals surface area contributed by atoms with Crippen LogP contribution in [0.1, 0.15) is 30.4 Å². The first-order valence-electron chi connectivity index (χ1n) is 6.90. The first kappa shape index (κ1) is 14.5. The molecule has 106 valence electrons. The average Bonchev–Trinajstić information content (AvgIpc) is 2.47. The van der Waals surface area contributed by atoms with Crippen LogP contribution in [0.5, 0.6) is 5.75 Å². The molecule has 0 amide bonds. The third-order valence-corrected chi connectivity index (χ3v) is 3.48. The maximum Gasteiger partial charge on any atom is 0.123 e. The van der Waals surface area contributed by atoms with Crippen LogP contribution in [0.3, 0.4) is 0 Å². The van der Waals surface area contributed by atoms with Gasteiger partial charge in [-0.3, -0.25) is 0 Å². The minimum Gasteiger partial charge on any atom is -0.508 e. The molecule has 0 spiro atoms. The highest BCUT2D eigenvalue weighted by Gasteiger charge is 2.05. The van der Waals surface area contributed by atoms with Crippen LogP contribution in [0, 0.1) is 5.82 Å². The lowest BCUT2D eigenvalue weighted by molar-refractivity contribution is 0.460. The molecule has 1 unspecified atom stereocenters. The summed E-state index contributed by atoms with van der Waals surface area (Å²) in [7, 11) is 0. The topological polar surface area (TPSA) is 32.3 Å². The predicted molar refractivity (Wildman–Crippen MR) is 79.2 cm³/mol. The van der Waals surface area contributed by atoms with E-state index >= 15 is 0 Å². The van der Waals surface area contributed by atoms with E-state index in [4.69, 9.17) is 0 Å². The van der Waals surface area contributed by atoms with Gasteiger partial charge in [0.05, 0.1) is 0 Å². The molecule has 0 radical (unpaired) electrons. The second kappa shape index (κ2) is 7.06. The molecule has 0 bridgehead atoms. The molecule has 0 aliphatic carbocycles. The van der Waals surface area contributed by atoms with Gasteiger partial charge >= 0.3 is 0 Å². The number of halogens is 1. The summed E-state index contributed by atoms with van der Waals surface area (Å²) >= 11 is 0. The molecule has 0 saturated carbocycles.